The molecule has 0 N–H and O–H groups in total. The molecule has 0 saturated carbocycles. The largest absolute Gasteiger partial charge is 0.466 e. The van der Waals surface area contributed by atoms with Gasteiger partial charge >= 0.3 is 5.97 Å². The van der Waals surface area contributed by atoms with Crippen molar-refractivity contribution in [3.8, 4) is 0 Å². The number of carbonyl (C=O) groups is 3. The lowest BCUT2D eigenvalue weighted by atomic mass is 10.1. The first-order valence-electron chi connectivity index (χ1n) is 6.84. The number of imide groups is 1. The van der Waals surface area contributed by atoms with Gasteiger partial charge in [0.15, 0.2) is 0 Å². The number of nitrogens with zero attached hydrogens (tertiary/aromatic N) is 2. The van der Waals surface area contributed by atoms with Crippen LogP contribution in [0.15, 0.2) is 24.3 Å². The van der Waals surface area contributed by atoms with Crippen molar-refractivity contribution < 1.29 is 19.1 Å². The molecule has 1 aliphatic rings. The Bertz CT molecular complexity index is 536. The van der Waals surface area contributed by atoms with Crippen molar-refractivity contribution in [1.29, 1.82) is 0 Å². The number of hydrogen-bond acceptors (Lipinski definition) is 5. The molecule has 0 radical (unpaired) electrons. The number of carbonyl (C=O) groups excluding carboxylic acids is 3. The van der Waals surface area contributed by atoms with Crippen molar-refractivity contribution in [2.45, 2.75) is 13.3 Å². The van der Waals surface area contributed by atoms with Gasteiger partial charge in [-0.25, -0.2) is 0 Å². The maximum atomic E-state index is 12.2. The van der Waals surface area contributed by atoms with Crippen LogP contribution in [0.25, 0.3) is 0 Å². The average molecular weight is 290 g/mol. The Morgan fingerprint density at radius 2 is 1.76 bits per heavy atom. The standard InChI is InChI=1S/C15H18N2O4/c1-3-21-13(18)8-9-16(2)10-17-14(19)11-6-4-5-7-12(11)15(17)20/h4-7H,3,8-10H2,1-2H3. The molecule has 6 heteroatoms. The summed E-state index contributed by atoms with van der Waals surface area (Å²) in [5.74, 6) is -0.871. The minimum Gasteiger partial charge on any atom is -0.466 e. The average Bonchev–Trinajstić information content (AvgIpc) is 2.71. The van der Waals surface area contributed by atoms with Crippen molar-refractivity contribution in [3.63, 3.8) is 0 Å². The Kier molecular flexibility index (Phi) is 4.70. The Morgan fingerprint density at radius 1 is 1.19 bits per heavy atom. The van der Waals surface area contributed by atoms with Gasteiger partial charge in [0.25, 0.3) is 11.8 Å². The summed E-state index contributed by atoms with van der Waals surface area (Å²) in [7, 11) is 1.75. The molecule has 1 aliphatic heterocycles. The van der Waals surface area contributed by atoms with E-state index in [-0.39, 0.29) is 30.9 Å². The van der Waals surface area contributed by atoms with Crippen molar-refractivity contribution in [3.05, 3.63) is 35.4 Å². The second kappa shape index (κ2) is 6.49. The van der Waals surface area contributed by atoms with Crippen molar-refractivity contribution in [1.82, 2.24) is 9.80 Å². The zero-order valence-electron chi connectivity index (χ0n) is 12.2. The van der Waals surface area contributed by atoms with Gasteiger partial charge in [0.2, 0.25) is 0 Å². The zero-order valence-corrected chi connectivity index (χ0v) is 12.2. The maximum Gasteiger partial charge on any atom is 0.307 e. The van der Waals surface area contributed by atoms with Crippen LogP contribution in [0.2, 0.25) is 0 Å². The number of benzene rings is 1. The van der Waals surface area contributed by atoms with Crippen molar-refractivity contribution in [2.75, 3.05) is 26.9 Å². The fraction of sp³-hybridized carbons (Fsp3) is 0.400. The number of fused-ring (bicyclic) bond motifs is 1. The smallest absolute Gasteiger partial charge is 0.307 e. The number of esters is 1. The summed E-state index contributed by atoms with van der Waals surface area (Å²) in [6.45, 7) is 2.68. The number of hydrogen-bond donors (Lipinski definition) is 0. The summed E-state index contributed by atoms with van der Waals surface area (Å²) in [6.07, 6.45) is 0.230. The Morgan fingerprint density at radius 3 is 2.29 bits per heavy atom. The van der Waals surface area contributed by atoms with Crippen molar-refractivity contribution in [2.24, 2.45) is 0 Å². The second-order valence-electron chi connectivity index (χ2n) is 4.86. The first-order valence-corrected chi connectivity index (χ1v) is 6.84. The lowest BCUT2D eigenvalue weighted by Crippen LogP contribution is -2.40. The fourth-order valence-corrected chi connectivity index (χ4v) is 2.20. The van der Waals surface area contributed by atoms with E-state index >= 15 is 0 Å². The van der Waals surface area contributed by atoms with E-state index in [0.717, 1.165) is 0 Å². The van der Waals surface area contributed by atoms with Crippen molar-refractivity contribution >= 4 is 17.8 Å². The Balaban J connectivity index is 1.94. The lowest BCUT2D eigenvalue weighted by Gasteiger charge is -2.22. The minimum absolute atomic E-state index is 0.158. The third-order valence-electron chi connectivity index (χ3n) is 3.26. The summed E-state index contributed by atoms with van der Waals surface area (Å²) in [5, 5.41) is 0. The van der Waals surface area contributed by atoms with Crippen LogP contribution in [0.5, 0.6) is 0 Å². The topological polar surface area (TPSA) is 66.9 Å². The molecular weight excluding hydrogens is 272 g/mol. The molecule has 6 nitrogen and oxygen atoms in total. The second-order valence-corrected chi connectivity index (χ2v) is 4.86. The first-order chi connectivity index (χ1) is 10.0. The fourth-order valence-electron chi connectivity index (χ4n) is 2.20. The van der Waals surface area contributed by atoms with Gasteiger partial charge in [0, 0.05) is 6.54 Å². The SMILES string of the molecule is CCOC(=O)CCN(C)CN1C(=O)c2ccccc2C1=O. The van der Waals surface area contributed by atoms with Gasteiger partial charge in [0.05, 0.1) is 30.8 Å². The van der Waals surface area contributed by atoms with E-state index < -0.39 is 0 Å². The quantitative estimate of drug-likeness (QED) is 0.580. The van der Waals surface area contributed by atoms with Crippen LogP contribution in [0, 0.1) is 0 Å². The molecule has 0 aromatic heterocycles. The molecule has 0 aliphatic carbocycles. The van der Waals surface area contributed by atoms with E-state index in [1.54, 1.807) is 43.1 Å². The first kappa shape index (κ1) is 15.2. The molecule has 21 heavy (non-hydrogen) atoms. The van der Waals surface area contributed by atoms with Gasteiger partial charge in [0.1, 0.15) is 0 Å². The summed E-state index contributed by atoms with van der Waals surface area (Å²) in [4.78, 5) is 38.6. The number of ether oxygens (including phenoxy) is 1. The number of amides is 2. The van der Waals surface area contributed by atoms with Crippen LogP contribution in [0.4, 0.5) is 0 Å². The molecule has 1 heterocycles. The molecule has 0 unspecified atom stereocenters. The summed E-state index contributed by atoms with van der Waals surface area (Å²) in [6, 6.07) is 6.76. The van der Waals surface area contributed by atoms with Gasteiger partial charge in [-0.3, -0.25) is 24.2 Å². The summed E-state index contributed by atoms with van der Waals surface area (Å²) >= 11 is 0. The van der Waals surface area contributed by atoms with Crippen LogP contribution in [-0.4, -0.2) is 54.5 Å². The third-order valence-corrected chi connectivity index (χ3v) is 3.26. The van der Waals surface area contributed by atoms with Gasteiger partial charge < -0.3 is 4.74 Å². The van der Waals surface area contributed by atoms with Gasteiger partial charge in [-0.05, 0) is 26.1 Å². The predicted octanol–water partition coefficient (Wildman–Crippen LogP) is 1.13. The molecule has 112 valence electrons. The molecule has 0 bridgehead atoms. The van der Waals surface area contributed by atoms with Crippen LogP contribution < -0.4 is 0 Å². The zero-order chi connectivity index (χ0) is 15.4. The summed E-state index contributed by atoms with van der Waals surface area (Å²) in [5.41, 5.74) is 0.864. The predicted molar refractivity (Wildman–Crippen MR) is 75.7 cm³/mol. The van der Waals surface area contributed by atoms with E-state index in [9.17, 15) is 14.4 Å². The Labute approximate surface area is 123 Å². The van der Waals surface area contributed by atoms with Gasteiger partial charge in [-0.1, -0.05) is 12.1 Å². The highest BCUT2D eigenvalue weighted by atomic mass is 16.5. The molecule has 2 amide bonds. The molecule has 1 aromatic carbocycles. The highest BCUT2D eigenvalue weighted by Crippen LogP contribution is 2.22. The summed E-state index contributed by atoms with van der Waals surface area (Å²) < 4.78 is 4.84. The van der Waals surface area contributed by atoms with Crippen LogP contribution in [0.3, 0.4) is 0 Å². The Hall–Kier alpha value is -2.21. The number of rotatable bonds is 6. The molecule has 0 saturated heterocycles. The molecule has 0 atom stereocenters. The van der Waals surface area contributed by atoms with E-state index in [1.807, 2.05) is 0 Å². The van der Waals surface area contributed by atoms with E-state index in [0.29, 0.717) is 24.3 Å². The third kappa shape index (κ3) is 3.28. The van der Waals surface area contributed by atoms with Crippen LogP contribution >= 0.6 is 0 Å². The van der Waals surface area contributed by atoms with Gasteiger partial charge in [-0.2, -0.15) is 0 Å². The van der Waals surface area contributed by atoms with E-state index in [1.165, 1.54) is 4.90 Å². The van der Waals surface area contributed by atoms with E-state index in [2.05, 4.69) is 0 Å². The maximum absolute atomic E-state index is 12.2. The van der Waals surface area contributed by atoms with Crippen LogP contribution in [-0.2, 0) is 9.53 Å². The molecule has 0 fully saturated rings. The highest BCUT2D eigenvalue weighted by Gasteiger charge is 2.35. The molecule has 2 rings (SSSR count). The normalized spacial score (nSPS) is 13.8. The van der Waals surface area contributed by atoms with Crippen LogP contribution in [0.1, 0.15) is 34.1 Å². The highest BCUT2D eigenvalue weighted by molar-refractivity contribution is 6.21. The molecule has 0 spiro atoms. The minimum atomic E-state index is -0.293. The molecular formula is C15H18N2O4. The lowest BCUT2D eigenvalue weighted by molar-refractivity contribution is -0.143. The molecule has 1 aromatic rings. The van der Waals surface area contributed by atoms with Gasteiger partial charge in [-0.15, -0.1) is 0 Å². The van der Waals surface area contributed by atoms with E-state index in [4.69, 9.17) is 4.74 Å². The monoisotopic (exact) mass is 290 g/mol.